The van der Waals surface area contributed by atoms with Gasteiger partial charge in [-0.15, -0.1) is 0 Å². The number of esters is 1. The number of anilines is 1. The van der Waals surface area contributed by atoms with E-state index in [0.29, 0.717) is 22.2 Å². The molecule has 4 nitrogen and oxygen atoms in total. The number of hydrogen-bond donors (Lipinski definition) is 1. The lowest BCUT2D eigenvalue weighted by molar-refractivity contribution is -0.136. The van der Waals surface area contributed by atoms with Crippen molar-refractivity contribution in [3.63, 3.8) is 0 Å². The molecule has 1 unspecified atom stereocenters. The predicted molar refractivity (Wildman–Crippen MR) is 109 cm³/mol. The molecule has 28 heavy (non-hydrogen) atoms. The number of halogens is 2. The van der Waals surface area contributed by atoms with E-state index in [4.69, 9.17) is 27.9 Å². The number of carbonyl (C=O) groups excluding carboxylic acids is 1. The predicted octanol–water partition coefficient (Wildman–Crippen LogP) is 4.24. The number of cyclic esters (lactones) is 1. The number of hydrogen-bond acceptors (Lipinski definition) is 4. The van der Waals surface area contributed by atoms with Crippen molar-refractivity contribution in [3.8, 4) is 0 Å². The lowest BCUT2D eigenvalue weighted by atomic mass is 9.79. The van der Waals surface area contributed by atoms with Crippen LogP contribution in [0.3, 0.4) is 0 Å². The topological polar surface area (TPSA) is 49.8 Å². The maximum Gasteiger partial charge on any atom is 0.337 e. The maximum atomic E-state index is 12.7. The fourth-order valence-electron chi connectivity index (χ4n) is 4.70. The van der Waals surface area contributed by atoms with Crippen molar-refractivity contribution in [1.29, 1.82) is 0 Å². The summed E-state index contributed by atoms with van der Waals surface area (Å²) in [5, 5.41) is 10.6. The van der Waals surface area contributed by atoms with Gasteiger partial charge in [-0.3, -0.25) is 0 Å². The van der Waals surface area contributed by atoms with Gasteiger partial charge in [0.15, 0.2) is 0 Å². The molecule has 2 aromatic carbocycles. The Balaban J connectivity index is 1.77. The smallest absolute Gasteiger partial charge is 0.337 e. The van der Waals surface area contributed by atoms with E-state index in [1.165, 1.54) is 11.1 Å². The van der Waals surface area contributed by atoms with E-state index in [1.54, 1.807) is 6.07 Å². The summed E-state index contributed by atoms with van der Waals surface area (Å²) in [7, 11) is 0. The molecule has 1 atom stereocenters. The SMILES string of the molecule is O=C1OCC2=C1C(c1ccc(Cl)c(Cl)c1)c1cc3c(cc1N2CCO)CCC3. The first-order chi connectivity index (χ1) is 13.6. The minimum atomic E-state index is -0.305. The highest BCUT2D eigenvalue weighted by atomic mass is 35.5. The number of nitrogens with zero attached hydrogens (tertiary/aromatic N) is 1. The Kier molecular flexibility index (Phi) is 4.38. The van der Waals surface area contributed by atoms with Crippen molar-refractivity contribution in [2.45, 2.75) is 25.2 Å². The molecule has 0 aromatic heterocycles. The van der Waals surface area contributed by atoms with Crippen molar-refractivity contribution >= 4 is 34.9 Å². The summed E-state index contributed by atoms with van der Waals surface area (Å²) in [5.74, 6) is -0.559. The Morgan fingerprint density at radius 3 is 2.64 bits per heavy atom. The van der Waals surface area contributed by atoms with Crippen LogP contribution in [0.2, 0.25) is 10.0 Å². The van der Waals surface area contributed by atoms with Gasteiger partial charge < -0.3 is 14.7 Å². The summed E-state index contributed by atoms with van der Waals surface area (Å²) < 4.78 is 5.42. The second-order valence-electron chi connectivity index (χ2n) is 7.45. The molecule has 3 aliphatic rings. The molecule has 2 aliphatic heterocycles. The lowest BCUT2D eigenvalue weighted by Gasteiger charge is -2.36. The molecule has 0 bridgehead atoms. The number of aliphatic hydroxyl groups is 1. The Bertz CT molecular complexity index is 1030. The van der Waals surface area contributed by atoms with Crippen LogP contribution in [0.25, 0.3) is 0 Å². The Morgan fingerprint density at radius 2 is 1.89 bits per heavy atom. The third-order valence-corrected chi connectivity index (χ3v) is 6.67. The number of ether oxygens (including phenoxy) is 1. The zero-order valence-electron chi connectivity index (χ0n) is 15.2. The molecule has 0 saturated carbocycles. The molecule has 0 radical (unpaired) electrons. The minimum Gasteiger partial charge on any atom is -0.456 e. The second-order valence-corrected chi connectivity index (χ2v) is 8.27. The molecule has 1 N–H and O–H groups in total. The number of fused-ring (bicyclic) bond motifs is 2. The first-order valence-electron chi connectivity index (χ1n) is 9.47. The van der Waals surface area contributed by atoms with Crippen LogP contribution in [-0.2, 0) is 22.4 Å². The quantitative estimate of drug-likeness (QED) is 0.761. The molecule has 144 valence electrons. The van der Waals surface area contributed by atoms with E-state index < -0.39 is 0 Å². The van der Waals surface area contributed by atoms with E-state index in [-0.39, 0.29) is 25.1 Å². The standard InChI is InChI=1S/C22H19Cl2NO3/c23-16-5-4-14(9-17(16)24)20-15-8-12-2-1-3-13(12)10-18(15)25(6-7-26)19-11-28-22(27)21(19)20/h4-5,8-10,20,26H,1-3,6-7,11H2. The Morgan fingerprint density at radius 1 is 1.11 bits per heavy atom. The largest absolute Gasteiger partial charge is 0.456 e. The van der Waals surface area contributed by atoms with Gasteiger partial charge in [0.05, 0.1) is 27.9 Å². The van der Waals surface area contributed by atoms with Gasteiger partial charge >= 0.3 is 5.97 Å². The van der Waals surface area contributed by atoms with Gasteiger partial charge in [0.1, 0.15) is 6.61 Å². The highest BCUT2D eigenvalue weighted by molar-refractivity contribution is 6.42. The monoisotopic (exact) mass is 415 g/mol. The van der Waals surface area contributed by atoms with Gasteiger partial charge in [0.2, 0.25) is 0 Å². The van der Waals surface area contributed by atoms with Gasteiger partial charge in [-0.1, -0.05) is 35.3 Å². The van der Waals surface area contributed by atoms with Crippen molar-refractivity contribution < 1.29 is 14.6 Å². The first-order valence-corrected chi connectivity index (χ1v) is 10.2. The Labute approximate surface area is 173 Å². The van der Waals surface area contributed by atoms with Gasteiger partial charge in [0, 0.05) is 18.2 Å². The molecule has 0 spiro atoms. The fraction of sp³-hybridized carbons (Fsp3) is 0.318. The van der Waals surface area contributed by atoms with Gasteiger partial charge in [-0.2, -0.15) is 0 Å². The van der Waals surface area contributed by atoms with Crippen molar-refractivity contribution in [2.24, 2.45) is 0 Å². The number of rotatable bonds is 3. The van der Waals surface area contributed by atoms with Crippen molar-refractivity contribution in [2.75, 3.05) is 24.7 Å². The first kappa shape index (κ1) is 18.0. The molecule has 2 heterocycles. The number of β-amino-alcohol motifs (C(OH)–C–C–N with tert-alkyl or cyclic N) is 1. The van der Waals surface area contributed by atoms with E-state index in [1.807, 2.05) is 17.0 Å². The van der Waals surface area contributed by atoms with Crippen LogP contribution >= 0.6 is 23.2 Å². The van der Waals surface area contributed by atoms with Gasteiger partial charge in [-0.25, -0.2) is 4.79 Å². The minimum absolute atomic E-state index is 0.00106. The van der Waals surface area contributed by atoms with Crippen LogP contribution in [0.1, 0.15) is 34.6 Å². The van der Waals surface area contributed by atoms with Crippen LogP contribution in [0.5, 0.6) is 0 Å². The van der Waals surface area contributed by atoms with Crippen molar-refractivity contribution in [3.05, 3.63) is 73.9 Å². The average molecular weight is 416 g/mol. The summed E-state index contributed by atoms with van der Waals surface area (Å²) >= 11 is 12.4. The lowest BCUT2D eigenvalue weighted by Crippen LogP contribution is -2.33. The molecule has 0 fully saturated rings. The number of aliphatic hydroxyl groups excluding tert-OH is 1. The highest BCUT2D eigenvalue weighted by Gasteiger charge is 2.42. The zero-order chi connectivity index (χ0) is 19.4. The van der Waals surface area contributed by atoms with Crippen LogP contribution in [-0.4, -0.2) is 30.8 Å². The summed E-state index contributed by atoms with van der Waals surface area (Å²) in [4.78, 5) is 14.8. The second kappa shape index (κ2) is 6.80. The van der Waals surface area contributed by atoms with E-state index in [0.717, 1.165) is 41.8 Å². The molecule has 6 heteroatoms. The van der Waals surface area contributed by atoms with E-state index in [2.05, 4.69) is 12.1 Å². The normalized spacial score (nSPS) is 20.2. The summed E-state index contributed by atoms with van der Waals surface area (Å²) in [6, 6.07) is 9.99. The van der Waals surface area contributed by atoms with Crippen LogP contribution in [0.4, 0.5) is 5.69 Å². The van der Waals surface area contributed by atoms with E-state index in [9.17, 15) is 9.90 Å². The summed E-state index contributed by atoms with van der Waals surface area (Å²) in [5.41, 5.74) is 7.18. The summed E-state index contributed by atoms with van der Waals surface area (Å²) in [6.45, 7) is 0.650. The molecule has 5 rings (SSSR count). The third-order valence-electron chi connectivity index (χ3n) is 5.93. The van der Waals surface area contributed by atoms with Crippen molar-refractivity contribution in [1.82, 2.24) is 0 Å². The molecule has 0 amide bonds. The average Bonchev–Trinajstić information content (AvgIpc) is 3.29. The van der Waals surface area contributed by atoms with Gasteiger partial charge in [-0.05, 0) is 59.7 Å². The highest BCUT2D eigenvalue weighted by Crippen LogP contribution is 2.49. The molecule has 0 saturated heterocycles. The zero-order valence-corrected chi connectivity index (χ0v) is 16.7. The van der Waals surface area contributed by atoms with Crippen LogP contribution in [0.15, 0.2) is 41.6 Å². The van der Waals surface area contributed by atoms with E-state index >= 15 is 0 Å². The fourth-order valence-corrected chi connectivity index (χ4v) is 5.01. The number of carbonyl (C=O) groups is 1. The van der Waals surface area contributed by atoms with Gasteiger partial charge in [0.25, 0.3) is 0 Å². The van der Waals surface area contributed by atoms with Crippen LogP contribution < -0.4 is 4.90 Å². The molecule has 1 aliphatic carbocycles. The number of benzene rings is 2. The molecule has 2 aromatic rings. The molecular weight excluding hydrogens is 397 g/mol. The maximum absolute atomic E-state index is 12.7. The Hall–Kier alpha value is -2.01. The molecular formula is C22H19Cl2NO3. The number of aryl methyl sites for hydroxylation is 2. The third kappa shape index (κ3) is 2.66. The van der Waals surface area contributed by atoms with Crippen LogP contribution in [0, 0.1) is 0 Å². The summed E-state index contributed by atoms with van der Waals surface area (Å²) in [6.07, 6.45) is 3.26.